The maximum atomic E-state index is 11.1. The Morgan fingerprint density at radius 1 is 0.758 bits per heavy atom. The number of non-ortho nitro benzene ring substituents is 1. The van der Waals surface area contributed by atoms with E-state index in [0.717, 1.165) is 12.6 Å². The fourth-order valence-corrected chi connectivity index (χ4v) is 2.42. The number of anilines is 1. The van der Waals surface area contributed by atoms with Crippen LogP contribution in [-0.4, -0.2) is 108 Å². The Morgan fingerprint density at radius 2 is 1.24 bits per heavy atom. The van der Waals surface area contributed by atoms with Gasteiger partial charge in [-0.15, -0.1) is 0 Å². The van der Waals surface area contributed by atoms with E-state index in [9.17, 15) is 20.2 Å². The lowest BCUT2D eigenvalue weighted by molar-refractivity contribution is -0.393. The van der Waals surface area contributed by atoms with Gasteiger partial charge in [0.2, 0.25) is 0 Å². The van der Waals surface area contributed by atoms with Crippen LogP contribution in [0.15, 0.2) is 18.2 Å². The molecule has 0 radical (unpaired) electrons. The van der Waals surface area contributed by atoms with Crippen LogP contribution in [0, 0.1) is 20.2 Å². The SMILES string of the molecule is CN(C)CCOCCOCCOCCOCCOCCNc1ccc([N+](=O)[O-])cc1[N+](=O)[O-]. The molecule has 0 unspecified atom stereocenters. The third-order valence-electron chi connectivity index (χ3n) is 4.12. The van der Waals surface area contributed by atoms with Gasteiger partial charge in [-0.1, -0.05) is 0 Å². The third-order valence-corrected chi connectivity index (χ3v) is 4.12. The summed E-state index contributed by atoms with van der Waals surface area (Å²) >= 11 is 0. The molecule has 0 amide bonds. The van der Waals surface area contributed by atoms with Crippen molar-refractivity contribution in [3.05, 3.63) is 38.4 Å². The minimum Gasteiger partial charge on any atom is -0.378 e. The van der Waals surface area contributed by atoms with E-state index in [-0.39, 0.29) is 17.1 Å². The van der Waals surface area contributed by atoms with Crippen molar-refractivity contribution in [2.45, 2.75) is 0 Å². The standard InChI is InChI=1S/C20H34N4O9/c1-22(2)6-8-30-10-12-32-14-16-33-15-13-31-11-9-29-7-5-21-19-4-3-18(23(25)26)17-20(19)24(27)28/h3-4,17,21H,5-16H2,1-2H3. The second-order valence-corrected chi connectivity index (χ2v) is 7.01. The first-order valence-electron chi connectivity index (χ1n) is 10.6. The highest BCUT2D eigenvalue weighted by Gasteiger charge is 2.18. The Balaban J connectivity index is 1.93. The van der Waals surface area contributed by atoms with Crippen LogP contribution in [0.25, 0.3) is 0 Å². The smallest absolute Gasteiger partial charge is 0.299 e. The number of benzene rings is 1. The highest BCUT2D eigenvalue weighted by Crippen LogP contribution is 2.28. The third kappa shape index (κ3) is 14.4. The number of rotatable bonds is 21. The molecule has 0 heterocycles. The molecule has 13 nitrogen and oxygen atoms in total. The molecular weight excluding hydrogens is 440 g/mol. The fourth-order valence-electron chi connectivity index (χ4n) is 2.42. The summed E-state index contributed by atoms with van der Waals surface area (Å²) in [5, 5.41) is 24.7. The zero-order chi connectivity index (χ0) is 24.3. The van der Waals surface area contributed by atoms with Gasteiger partial charge in [0, 0.05) is 19.2 Å². The minimum absolute atomic E-state index is 0.198. The first-order valence-corrected chi connectivity index (χ1v) is 10.6. The topological polar surface area (TPSA) is 148 Å². The number of nitro groups is 2. The summed E-state index contributed by atoms with van der Waals surface area (Å²) < 4.78 is 27.0. The van der Waals surface area contributed by atoms with E-state index >= 15 is 0 Å². The molecule has 1 aromatic carbocycles. The predicted molar refractivity (Wildman–Crippen MR) is 121 cm³/mol. The summed E-state index contributed by atoms with van der Waals surface area (Å²) in [6.45, 7) is 5.91. The van der Waals surface area contributed by atoms with Crippen molar-refractivity contribution >= 4 is 17.1 Å². The van der Waals surface area contributed by atoms with Crippen LogP contribution >= 0.6 is 0 Å². The van der Waals surface area contributed by atoms with Crippen molar-refractivity contribution in [3.8, 4) is 0 Å². The van der Waals surface area contributed by atoms with Crippen LogP contribution in [0.3, 0.4) is 0 Å². The number of nitrogens with one attached hydrogen (secondary N) is 1. The van der Waals surface area contributed by atoms with Crippen molar-refractivity contribution in [1.82, 2.24) is 4.90 Å². The van der Waals surface area contributed by atoms with E-state index in [4.69, 9.17) is 23.7 Å². The van der Waals surface area contributed by atoms with Crippen molar-refractivity contribution in [2.75, 3.05) is 98.6 Å². The van der Waals surface area contributed by atoms with E-state index in [1.165, 1.54) is 12.1 Å². The largest absolute Gasteiger partial charge is 0.378 e. The van der Waals surface area contributed by atoms with Gasteiger partial charge in [-0.3, -0.25) is 20.2 Å². The van der Waals surface area contributed by atoms with Gasteiger partial charge in [0.1, 0.15) is 5.69 Å². The van der Waals surface area contributed by atoms with E-state index < -0.39 is 9.85 Å². The molecule has 0 saturated heterocycles. The highest BCUT2D eigenvalue weighted by molar-refractivity contribution is 5.65. The van der Waals surface area contributed by atoms with E-state index in [2.05, 4.69) is 10.2 Å². The molecule has 0 fully saturated rings. The zero-order valence-corrected chi connectivity index (χ0v) is 19.2. The molecule has 188 valence electrons. The number of ether oxygens (including phenoxy) is 5. The van der Waals surface area contributed by atoms with Gasteiger partial charge in [0.05, 0.1) is 82.0 Å². The van der Waals surface area contributed by atoms with Crippen LogP contribution < -0.4 is 5.32 Å². The summed E-state index contributed by atoms with van der Waals surface area (Å²) in [5.74, 6) is 0. The van der Waals surface area contributed by atoms with Gasteiger partial charge < -0.3 is 33.9 Å². The Labute approximate surface area is 193 Å². The van der Waals surface area contributed by atoms with E-state index in [0.29, 0.717) is 72.6 Å². The molecule has 1 rings (SSSR count). The first kappa shape index (κ1) is 28.6. The van der Waals surface area contributed by atoms with E-state index in [1.54, 1.807) is 0 Å². The zero-order valence-electron chi connectivity index (χ0n) is 19.2. The van der Waals surface area contributed by atoms with Gasteiger partial charge in [-0.25, -0.2) is 0 Å². The van der Waals surface area contributed by atoms with Crippen molar-refractivity contribution in [2.24, 2.45) is 0 Å². The monoisotopic (exact) mass is 474 g/mol. The van der Waals surface area contributed by atoms with Gasteiger partial charge in [0.25, 0.3) is 11.4 Å². The van der Waals surface area contributed by atoms with Crippen LogP contribution in [0.1, 0.15) is 0 Å². The Hall–Kier alpha value is -2.42. The van der Waals surface area contributed by atoms with Gasteiger partial charge in [0.15, 0.2) is 0 Å². The molecule has 0 bridgehead atoms. The molecule has 0 saturated carbocycles. The average Bonchev–Trinajstić information content (AvgIpc) is 2.77. The molecule has 0 aliphatic rings. The average molecular weight is 475 g/mol. The van der Waals surface area contributed by atoms with Gasteiger partial charge in [-0.2, -0.15) is 0 Å². The summed E-state index contributed by atoms with van der Waals surface area (Å²) in [6.07, 6.45) is 0. The molecule has 1 N–H and O–H groups in total. The second kappa shape index (κ2) is 18.1. The van der Waals surface area contributed by atoms with Gasteiger partial charge in [-0.05, 0) is 20.2 Å². The normalized spacial score (nSPS) is 11.1. The molecule has 0 spiro atoms. The van der Waals surface area contributed by atoms with Crippen LogP contribution in [-0.2, 0) is 23.7 Å². The number of nitro benzene ring substituents is 2. The minimum atomic E-state index is -0.677. The first-order chi connectivity index (χ1) is 15.9. The van der Waals surface area contributed by atoms with Crippen LogP contribution in [0.2, 0.25) is 0 Å². The quantitative estimate of drug-likeness (QED) is 0.157. The Bertz CT molecular complexity index is 691. The highest BCUT2D eigenvalue weighted by atomic mass is 16.6. The molecule has 33 heavy (non-hydrogen) atoms. The number of nitrogens with zero attached hydrogens (tertiary/aromatic N) is 3. The lowest BCUT2D eigenvalue weighted by Gasteiger charge is -2.10. The van der Waals surface area contributed by atoms with Crippen LogP contribution in [0.5, 0.6) is 0 Å². The lowest BCUT2D eigenvalue weighted by Crippen LogP contribution is -2.19. The Kier molecular flexibility index (Phi) is 15.7. The van der Waals surface area contributed by atoms with Gasteiger partial charge >= 0.3 is 0 Å². The lowest BCUT2D eigenvalue weighted by atomic mass is 10.2. The van der Waals surface area contributed by atoms with Crippen molar-refractivity contribution in [1.29, 1.82) is 0 Å². The molecule has 0 atom stereocenters. The molecule has 0 aliphatic heterocycles. The van der Waals surface area contributed by atoms with Crippen LogP contribution in [0.4, 0.5) is 17.1 Å². The van der Waals surface area contributed by atoms with Crippen molar-refractivity contribution < 1.29 is 33.5 Å². The molecule has 0 aromatic heterocycles. The maximum Gasteiger partial charge on any atom is 0.299 e. The van der Waals surface area contributed by atoms with Crippen molar-refractivity contribution in [3.63, 3.8) is 0 Å². The summed E-state index contributed by atoms with van der Waals surface area (Å²) in [7, 11) is 3.99. The molecule has 13 heteroatoms. The maximum absolute atomic E-state index is 11.1. The summed E-state index contributed by atoms with van der Waals surface area (Å²) in [6, 6.07) is 3.44. The Morgan fingerprint density at radius 3 is 1.70 bits per heavy atom. The second-order valence-electron chi connectivity index (χ2n) is 7.01. The molecule has 0 aliphatic carbocycles. The summed E-state index contributed by atoms with van der Waals surface area (Å²) in [5.41, 5.74) is -0.493. The predicted octanol–water partition coefficient (Wildman–Crippen LogP) is 1.56. The van der Waals surface area contributed by atoms with E-state index in [1.807, 2.05) is 14.1 Å². The number of hydrogen-bond acceptors (Lipinski definition) is 11. The summed E-state index contributed by atoms with van der Waals surface area (Å²) in [4.78, 5) is 22.5. The number of likely N-dealkylation sites (N-methyl/N-ethyl adjacent to an activating group) is 1. The molecular formula is C20H34N4O9. The number of hydrogen-bond donors (Lipinski definition) is 1. The molecule has 1 aromatic rings. The fraction of sp³-hybridized carbons (Fsp3) is 0.700.